The molecule has 1 heteroatoms. The zero-order valence-corrected chi connectivity index (χ0v) is 8.35. The fraction of sp³-hybridized carbons (Fsp3) is 1.00. The van der Waals surface area contributed by atoms with Crippen molar-refractivity contribution in [2.24, 2.45) is 11.3 Å². The molecule has 11 heavy (non-hydrogen) atoms. The molecular weight excluding hydrogens is 134 g/mol. The summed E-state index contributed by atoms with van der Waals surface area (Å²) in [5.74, 6) is 0.904. The summed E-state index contributed by atoms with van der Waals surface area (Å²) < 4.78 is 0. The van der Waals surface area contributed by atoms with Crippen LogP contribution in [-0.2, 0) is 0 Å². The zero-order chi connectivity index (χ0) is 8.48. The Labute approximate surface area is 70.8 Å². The normalized spacial score (nSPS) is 28.9. The van der Waals surface area contributed by atoms with Gasteiger partial charge in [-0.3, -0.25) is 0 Å². The molecule has 1 saturated heterocycles. The Morgan fingerprint density at radius 2 is 1.91 bits per heavy atom. The van der Waals surface area contributed by atoms with Gasteiger partial charge in [0.1, 0.15) is 0 Å². The second-order valence-electron chi connectivity index (χ2n) is 4.97. The molecule has 0 aromatic carbocycles. The minimum absolute atomic E-state index is 0.509. The van der Waals surface area contributed by atoms with Gasteiger partial charge in [-0.15, -0.1) is 0 Å². The lowest BCUT2D eigenvalue weighted by molar-refractivity contribution is 0.118. The van der Waals surface area contributed by atoms with Crippen LogP contribution in [0.1, 0.15) is 33.6 Å². The average Bonchev–Trinajstić information content (AvgIpc) is 1.86. The van der Waals surface area contributed by atoms with Gasteiger partial charge in [0.15, 0.2) is 0 Å². The lowest BCUT2D eigenvalue weighted by Crippen LogP contribution is -2.38. The molecule has 0 spiro atoms. The van der Waals surface area contributed by atoms with E-state index < -0.39 is 0 Å². The molecule has 66 valence electrons. The quantitative estimate of drug-likeness (QED) is 0.519. The van der Waals surface area contributed by atoms with Gasteiger partial charge in [-0.05, 0) is 37.8 Å². The van der Waals surface area contributed by atoms with E-state index in [-0.39, 0.29) is 0 Å². The predicted octanol–water partition coefficient (Wildman–Crippen LogP) is 2.37. The third-order valence-electron chi connectivity index (χ3n) is 2.85. The lowest BCUT2D eigenvalue weighted by Gasteiger charge is -2.38. The van der Waals surface area contributed by atoms with E-state index in [1.807, 2.05) is 0 Å². The molecule has 0 aromatic heterocycles. The van der Waals surface area contributed by atoms with Gasteiger partial charge in [-0.25, -0.2) is 0 Å². The highest BCUT2D eigenvalue weighted by atomic mass is 15.1. The van der Waals surface area contributed by atoms with Crippen LogP contribution in [-0.4, -0.2) is 25.0 Å². The smallest absolute Gasteiger partial charge is 0.00116 e. The Morgan fingerprint density at radius 3 is 2.27 bits per heavy atom. The molecule has 1 aliphatic rings. The highest BCUT2D eigenvalue weighted by Crippen LogP contribution is 2.32. The number of rotatable bonds is 0. The van der Waals surface area contributed by atoms with Gasteiger partial charge in [0.2, 0.25) is 0 Å². The van der Waals surface area contributed by atoms with E-state index in [1.54, 1.807) is 0 Å². The van der Waals surface area contributed by atoms with E-state index in [1.165, 1.54) is 25.9 Å². The van der Waals surface area contributed by atoms with Crippen LogP contribution in [0.4, 0.5) is 0 Å². The van der Waals surface area contributed by atoms with Crippen LogP contribution >= 0.6 is 0 Å². The molecule has 0 bridgehead atoms. The van der Waals surface area contributed by atoms with E-state index in [0.717, 1.165) is 5.92 Å². The molecule has 1 fully saturated rings. The van der Waals surface area contributed by atoms with Crippen molar-refractivity contribution in [3.8, 4) is 0 Å². The maximum Gasteiger partial charge on any atom is 0.00116 e. The first kappa shape index (κ1) is 9.05. The maximum atomic E-state index is 2.46. The van der Waals surface area contributed by atoms with Gasteiger partial charge < -0.3 is 4.90 Å². The highest BCUT2D eigenvalue weighted by Gasteiger charge is 2.27. The van der Waals surface area contributed by atoms with Crippen LogP contribution in [0.25, 0.3) is 0 Å². The highest BCUT2D eigenvalue weighted by molar-refractivity contribution is 4.79. The van der Waals surface area contributed by atoms with Crippen molar-refractivity contribution < 1.29 is 0 Å². The SMILES string of the molecule is CN1CCC[C@@H](C(C)(C)C)C1. The fourth-order valence-corrected chi connectivity index (χ4v) is 1.87. The molecule has 0 amide bonds. The van der Waals surface area contributed by atoms with Crippen molar-refractivity contribution in [3.63, 3.8) is 0 Å². The van der Waals surface area contributed by atoms with Crippen LogP contribution in [0, 0.1) is 11.3 Å². The Kier molecular flexibility index (Phi) is 2.58. The van der Waals surface area contributed by atoms with Crippen LogP contribution in [0.2, 0.25) is 0 Å². The van der Waals surface area contributed by atoms with Gasteiger partial charge in [0, 0.05) is 6.54 Å². The number of likely N-dealkylation sites (tertiary alicyclic amines) is 1. The molecule has 1 rings (SSSR count). The molecule has 1 heterocycles. The molecule has 0 aromatic rings. The van der Waals surface area contributed by atoms with E-state index in [0.29, 0.717) is 5.41 Å². The van der Waals surface area contributed by atoms with Crippen molar-refractivity contribution in [2.45, 2.75) is 33.6 Å². The van der Waals surface area contributed by atoms with Gasteiger partial charge in [0.25, 0.3) is 0 Å². The van der Waals surface area contributed by atoms with E-state index in [9.17, 15) is 0 Å². The summed E-state index contributed by atoms with van der Waals surface area (Å²) in [6.45, 7) is 9.67. The largest absolute Gasteiger partial charge is 0.306 e. The predicted molar refractivity (Wildman–Crippen MR) is 49.7 cm³/mol. The number of hydrogen-bond donors (Lipinski definition) is 0. The number of hydrogen-bond acceptors (Lipinski definition) is 1. The molecule has 1 nitrogen and oxygen atoms in total. The minimum atomic E-state index is 0.509. The van der Waals surface area contributed by atoms with Crippen LogP contribution in [0.15, 0.2) is 0 Å². The maximum absolute atomic E-state index is 2.46. The third-order valence-corrected chi connectivity index (χ3v) is 2.85. The zero-order valence-electron chi connectivity index (χ0n) is 8.35. The van der Waals surface area contributed by atoms with Crippen LogP contribution in [0.3, 0.4) is 0 Å². The Hall–Kier alpha value is -0.0400. The monoisotopic (exact) mass is 155 g/mol. The number of piperidine rings is 1. The van der Waals surface area contributed by atoms with Crippen LogP contribution in [0.5, 0.6) is 0 Å². The molecule has 1 atom stereocenters. The first-order valence-corrected chi connectivity index (χ1v) is 4.68. The van der Waals surface area contributed by atoms with E-state index in [4.69, 9.17) is 0 Å². The van der Waals surface area contributed by atoms with E-state index in [2.05, 4.69) is 32.7 Å². The van der Waals surface area contributed by atoms with Crippen molar-refractivity contribution in [1.82, 2.24) is 4.90 Å². The topological polar surface area (TPSA) is 3.24 Å². The Balaban J connectivity index is 2.46. The Bertz CT molecular complexity index is 123. The first-order chi connectivity index (χ1) is 5.00. The lowest BCUT2D eigenvalue weighted by atomic mass is 9.76. The van der Waals surface area contributed by atoms with Crippen molar-refractivity contribution in [2.75, 3.05) is 20.1 Å². The van der Waals surface area contributed by atoms with Gasteiger partial charge in [-0.1, -0.05) is 20.8 Å². The molecule has 0 saturated carbocycles. The molecule has 0 unspecified atom stereocenters. The molecule has 0 aliphatic carbocycles. The molecule has 0 radical (unpaired) electrons. The summed E-state index contributed by atoms with van der Waals surface area (Å²) in [7, 11) is 2.23. The summed E-state index contributed by atoms with van der Waals surface area (Å²) in [6.07, 6.45) is 2.81. The first-order valence-electron chi connectivity index (χ1n) is 4.68. The summed E-state index contributed by atoms with van der Waals surface area (Å²) in [5.41, 5.74) is 0.509. The second kappa shape index (κ2) is 3.14. The van der Waals surface area contributed by atoms with Gasteiger partial charge in [-0.2, -0.15) is 0 Å². The minimum Gasteiger partial charge on any atom is -0.306 e. The molecule has 0 N–H and O–H groups in total. The second-order valence-corrected chi connectivity index (χ2v) is 4.97. The van der Waals surface area contributed by atoms with Crippen molar-refractivity contribution in [1.29, 1.82) is 0 Å². The number of nitrogens with zero attached hydrogens (tertiary/aromatic N) is 1. The van der Waals surface area contributed by atoms with Gasteiger partial charge in [0.05, 0.1) is 0 Å². The molecular formula is C10H21N. The van der Waals surface area contributed by atoms with Crippen molar-refractivity contribution >= 4 is 0 Å². The fourth-order valence-electron chi connectivity index (χ4n) is 1.87. The van der Waals surface area contributed by atoms with Crippen LogP contribution < -0.4 is 0 Å². The average molecular weight is 155 g/mol. The summed E-state index contributed by atoms with van der Waals surface area (Å²) in [4.78, 5) is 2.46. The third kappa shape index (κ3) is 2.48. The summed E-state index contributed by atoms with van der Waals surface area (Å²) in [5, 5.41) is 0. The summed E-state index contributed by atoms with van der Waals surface area (Å²) in [6, 6.07) is 0. The standard InChI is InChI=1S/C10H21N/c1-10(2,3)9-6-5-7-11(4)8-9/h9H,5-8H2,1-4H3/t9-/m1/s1. The van der Waals surface area contributed by atoms with E-state index >= 15 is 0 Å². The Morgan fingerprint density at radius 1 is 1.27 bits per heavy atom. The van der Waals surface area contributed by atoms with Gasteiger partial charge >= 0.3 is 0 Å². The van der Waals surface area contributed by atoms with Crippen molar-refractivity contribution in [3.05, 3.63) is 0 Å². The molecule has 1 aliphatic heterocycles. The summed E-state index contributed by atoms with van der Waals surface area (Å²) >= 11 is 0.